The van der Waals surface area contributed by atoms with Crippen molar-refractivity contribution in [3.63, 3.8) is 0 Å². The molecule has 0 bridgehead atoms. The number of carbonyl (C=O) groups excluding carboxylic acids is 1. The minimum Gasteiger partial charge on any atom is -0.367 e. The number of nitrogens with one attached hydrogen (secondary N) is 2. The molecule has 1 saturated heterocycles. The van der Waals surface area contributed by atoms with E-state index in [0.29, 0.717) is 11.4 Å². The van der Waals surface area contributed by atoms with Crippen LogP contribution >= 0.6 is 0 Å². The third-order valence-electron chi connectivity index (χ3n) is 5.89. The number of amides is 1. The highest BCUT2D eigenvalue weighted by Crippen LogP contribution is 2.31. The predicted molar refractivity (Wildman–Crippen MR) is 115 cm³/mol. The second-order valence-corrected chi connectivity index (χ2v) is 9.06. The van der Waals surface area contributed by atoms with Gasteiger partial charge in [0.15, 0.2) is 5.65 Å². The van der Waals surface area contributed by atoms with Gasteiger partial charge in [0.2, 0.25) is 0 Å². The number of hydrogen-bond acceptors (Lipinski definition) is 6. The van der Waals surface area contributed by atoms with E-state index in [1.165, 1.54) is 0 Å². The van der Waals surface area contributed by atoms with Crippen LogP contribution in [-0.2, 0) is 4.79 Å². The molecule has 8 nitrogen and oxygen atoms in total. The van der Waals surface area contributed by atoms with Crippen LogP contribution in [0.5, 0.6) is 0 Å². The molecule has 2 aromatic rings. The van der Waals surface area contributed by atoms with Crippen molar-refractivity contribution < 1.29 is 4.79 Å². The second-order valence-electron chi connectivity index (χ2n) is 9.06. The first-order chi connectivity index (χ1) is 14.2. The van der Waals surface area contributed by atoms with Crippen LogP contribution in [0.2, 0.25) is 0 Å². The van der Waals surface area contributed by atoms with Gasteiger partial charge in [-0.15, -0.1) is 0 Å². The van der Waals surface area contributed by atoms with Crippen molar-refractivity contribution in [2.75, 3.05) is 19.6 Å². The molecule has 3 aliphatic heterocycles. The second kappa shape index (κ2) is 6.43. The van der Waals surface area contributed by atoms with E-state index >= 15 is 0 Å². The number of allylic oxidation sites excluding steroid dienone is 1. The summed E-state index contributed by atoms with van der Waals surface area (Å²) in [6.07, 6.45) is 9.62. The molecule has 30 heavy (non-hydrogen) atoms. The highest BCUT2D eigenvalue weighted by atomic mass is 16.2. The van der Waals surface area contributed by atoms with Gasteiger partial charge in [-0.25, -0.2) is 9.50 Å². The summed E-state index contributed by atoms with van der Waals surface area (Å²) >= 11 is 0. The summed E-state index contributed by atoms with van der Waals surface area (Å²) < 4.78 is 1.74. The molecule has 0 spiro atoms. The van der Waals surface area contributed by atoms with Gasteiger partial charge in [-0.2, -0.15) is 5.10 Å². The van der Waals surface area contributed by atoms with Gasteiger partial charge in [-0.1, -0.05) is 0 Å². The molecule has 0 aliphatic carbocycles. The Morgan fingerprint density at radius 1 is 1.20 bits per heavy atom. The van der Waals surface area contributed by atoms with Gasteiger partial charge in [0, 0.05) is 37.4 Å². The van der Waals surface area contributed by atoms with E-state index in [-0.39, 0.29) is 11.4 Å². The molecule has 0 radical (unpaired) electrons. The smallest absolute Gasteiger partial charge is 0.254 e. The first kappa shape index (κ1) is 18.9. The Labute approximate surface area is 175 Å². The number of fused-ring (bicyclic) bond motifs is 2. The zero-order valence-corrected chi connectivity index (χ0v) is 17.8. The molecule has 0 aromatic carbocycles. The summed E-state index contributed by atoms with van der Waals surface area (Å²) in [4.78, 5) is 21.6. The molecule has 5 rings (SSSR count). The number of aryl methyl sites for hydroxylation is 1. The summed E-state index contributed by atoms with van der Waals surface area (Å²) in [5.41, 5.74) is 3.57. The van der Waals surface area contributed by atoms with E-state index < -0.39 is 5.66 Å². The minimum atomic E-state index is -0.643. The maximum absolute atomic E-state index is 13.1. The molecule has 3 aliphatic rings. The van der Waals surface area contributed by atoms with Gasteiger partial charge < -0.3 is 15.5 Å². The number of carbonyl (C=O) groups is 1. The van der Waals surface area contributed by atoms with Crippen molar-refractivity contribution in [1.29, 1.82) is 0 Å². The number of piperazine rings is 1. The quantitative estimate of drug-likeness (QED) is 0.791. The lowest BCUT2D eigenvalue weighted by Gasteiger charge is -2.46. The van der Waals surface area contributed by atoms with Crippen LogP contribution in [0.1, 0.15) is 32.2 Å². The van der Waals surface area contributed by atoms with E-state index in [1.807, 2.05) is 38.4 Å². The fourth-order valence-corrected chi connectivity index (χ4v) is 4.36. The van der Waals surface area contributed by atoms with E-state index in [0.717, 1.165) is 36.7 Å². The Morgan fingerprint density at radius 3 is 2.83 bits per heavy atom. The molecule has 1 atom stereocenters. The van der Waals surface area contributed by atoms with Crippen LogP contribution < -0.4 is 10.6 Å². The van der Waals surface area contributed by atoms with Crippen LogP contribution in [0.25, 0.3) is 11.3 Å². The Kier molecular flexibility index (Phi) is 4.05. The van der Waals surface area contributed by atoms with Crippen molar-refractivity contribution in [3.05, 3.63) is 59.8 Å². The van der Waals surface area contributed by atoms with Crippen LogP contribution in [0.15, 0.2) is 48.5 Å². The molecule has 1 unspecified atom stereocenters. The van der Waals surface area contributed by atoms with Crippen LogP contribution in [0.3, 0.4) is 0 Å². The fraction of sp³-hybridized carbons (Fsp3) is 0.409. The number of hydrogen-bond donors (Lipinski definition) is 2. The molecule has 0 saturated carbocycles. The summed E-state index contributed by atoms with van der Waals surface area (Å²) in [6.45, 7) is 11.1. The highest BCUT2D eigenvalue weighted by Gasteiger charge is 2.39. The summed E-state index contributed by atoms with van der Waals surface area (Å²) in [5, 5.41) is 11.7. The summed E-state index contributed by atoms with van der Waals surface area (Å²) in [5.74, 6) is -0.0637. The van der Waals surface area contributed by atoms with E-state index in [1.54, 1.807) is 15.5 Å². The minimum absolute atomic E-state index is 0.0426. The van der Waals surface area contributed by atoms with Gasteiger partial charge in [-0.3, -0.25) is 9.69 Å². The van der Waals surface area contributed by atoms with Crippen LogP contribution in [0.4, 0.5) is 0 Å². The van der Waals surface area contributed by atoms with Crippen molar-refractivity contribution in [2.45, 2.75) is 38.9 Å². The number of imidazole rings is 1. The molecular formula is C22H27N7O. The van der Waals surface area contributed by atoms with E-state index in [4.69, 9.17) is 0 Å². The topological polar surface area (TPSA) is 77.8 Å². The largest absolute Gasteiger partial charge is 0.367 e. The maximum Gasteiger partial charge on any atom is 0.254 e. The number of aromatic nitrogens is 3. The third kappa shape index (κ3) is 3.17. The monoisotopic (exact) mass is 405 g/mol. The summed E-state index contributed by atoms with van der Waals surface area (Å²) in [7, 11) is 0. The molecule has 2 N–H and O–H groups in total. The maximum atomic E-state index is 13.1. The highest BCUT2D eigenvalue weighted by molar-refractivity contribution is 5.98. The lowest BCUT2D eigenvalue weighted by Crippen LogP contribution is -2.60. The van der Waals surface area contributed by atoms with E-state index in [9.17, 15) is 4.79 Å². The fourth-order valence-electron chi connectivity index (χ4n) is 4.36. The normalized spacial score (nSPS) is 25.7. The first-order valence-corrected chi connectivity index (χ1v) is 10.3. The number of rotatable bonds is 2. The zero-order chi connectivity index (χ0) is 21.1. The molecule has 1 amide bonds. The van der Waals surface area contributed by atoms with Crippen LogP contribution in [0, 0.1) is 6.92 Å². The average Bonchev–Trinajstić information content (AvgIpc) is 3.05. The Bertz CT molecular complexity index is 1130. The van der Waals surface area contributed by atoms with Gasteiger partial charge in [0.1, 0.15) is 11.4 Å². The Hall–Kier alpha value is -3.13. The standard InChI is InChI=1S/C22H27N7O/c1-15-12-29-19(24-15)6-5-17(26-29)18-11-20(30)28-13-16(7-8-22(28,4)25-18)27-10-9-23-21(2,3)14-27/h5-8,11-13,23,25H,9-10,14H2,1-4H3. The van der Waals surface area contributed by atoms with Gasteiger partial charge >= 0.3 is 0 Å². The molecule has 8 heteroatoms. The molecule has 5 heterocycles. The number of nitrogens with zero attached hydrogens (tertiary/aromatic N) is 5. The lowest BCUT2D eigenvalue weighted by atomic mass is 9.98. The van der Waals surface area contributed by atoms with Gasteiger partial charge in [0.05, 0.1) is 23.3 Å². The van der Waals surface area contributed by atoms with Crippen molar-refractivity contribution in [1.82, 2.24) is 35.0 Å². The Morgan fingerprint density at radius 2 is 2.03 bits per heavy atom. The van der Waals surface area contributed by atoms with Crippen molar-refractivity contribution in [2.24, 2.45) is 0 Å². The zero-order valence-electron chi connectivity index (χ0n) is 17.8. The molecule has 2 aromatic heterocycles. The van der Waals surface area contributed by atoms with Gasteiger partial charge in [0.25, 0.3) is 5.91 Å². The lowest BCUT2D eigenvalue weighted by molar-refractivity contribution is -0.128. The third-order valence-corrected chi connectivity index (χ3v) is 5.89. The molecule has 156 valence electrons. The molecule has 1 fully saturated rings. The average molecular weight is 406 g/mol. The van der Waals surface area contributed by atoms with Crippen molar-refractivity contribution in [3.8, 4) is 0 Å². The van der Waals surface area contributed by atoms with Crippen molar-refractivity contribution >= 4 is 17.3 Å². The Balaban J connectivity index is 1.45. The predicted octanol–water partition coefficient (Wildman–Crippen LogP) is 1.62. The SMILES string of the molecule is Cc1cn2nc(C3=CC(=O)N4C=C(N5CCNC(C)(C)C5)C=CC4(C)N3)ccc2n1. The molecular weight excluding hydrogens is 378 g/mol. The van der Waals surface area contributed by atoms with Gasteiger partial charge in [-0.05, 0) is 52.0 Å². The first-order valence-electron chi connectivity index (χ1n) is 10.3. The van der Waals surface area contributed by atoms with Crippen LogP contribution in [-0.4, -0.2) is 61.1 Å². The van der Waals surface area contributed by atoms with E-state index in [2.05, 4.69) is 51.6 Å². The summed E-state index contributed by atoms with van der Waals surface area (Å²) in [6, 6.07) is 3.81.